The molecule has 0 aromatic heterocycles. The van der Waals surface area contributed by atoms with Crippen LogP contribution < -0.4 is 0 Å². The van der Waals surface area contributed by atoms with Crippen LogP contribution in [0.4, 0.5) is 0 Å². The molecule has 3 saturated carbocycles. The smallest absolute Gasteiger partial charge is 0.246 e. The highest BCUT2D eigenvalue weighted by Gasteiger charge is 2.60. The molecule has 3 fully saturated rings. The average molecular weight is 303 g/mol. The molecule has 7 atom stereocenters. The van der Waals surface area contributed by atoms with Crippen LogP contribution in [0.15, 0.2) is 12.2 Å². The summed E-state index contributed by atoms with van der Waals surface area (Å²) in [5.41, 5.74) is 0.269. The van der Waals surface area contributed by atoms with E-state index < -0.39 is 0 Å². The monoisotopic (exact) mass is 303 g/mol. The van der Waals surface area contributed by atoms with Crippen LogP contribution in [0.2, 0.25) is 0 Å². The number of nitrogens with zero attached hydrogens (tertiary/aromatic N) is 1. The zero-order valence-corrected chi connectivity index (χ0v) is 14.1. The number of amides is 1. The minimum Gasteiger partial charge on any atom is -0.393 e. The number of carbonyl (C=O) groups excluding carboxylic acids is 1. The van der Waals surface area contributed by atoms with E-state index in [1.807, 2.05) is 11.9 Å². The molecule has 4 aliphatic rings. The Morgan fingerprint density at radius 2 is 1.91 bits per heavy atom. The standard InChI is InChI=1S/C19H29NO2/c1-18-11-9-17(22)20(3)15(18)6-4-12-13-5-7-16(21)19(13,2)10-8-14(12)18/h9,11-16,21H,4-8,10H2,1-3H3/t12-,13-,14+,15?,16?,18+,19-/m0/s1. The van der Waals surface area contributed by atoms with Gasteiger partial charge in [0.2, 0.25) is 5.91 Å². The third kappa shape index (κ3) is 1.69. The molecule has 0 aromatic carbocycles. The third-order valence-corrected chi connectivity index (χ3v) is 8.08. The maximum absolute atomic E-state index is 12.0. The van der Waals surface area contributed by atoms with Crippen molar-refractivity contribution in [3.05, 3.63) is 12.2 Å². The lowest BCUT2D eigenvalue weighted by atomic mass is 9.48. The summed E-state index contributed by atoms with van der Waals surface area (Å²) in [4.78, 5) is 14.0. The topological polar surface area (TPSA) is 40.5 Å². The van der Waals surface area contributed by atoms with Crippen molar-refractivity contribution >= 4 is 5.91 Å². The molecule has 0 bridgehead atoms. The van der Waals surface area contributed by atoms with E-state index in [1.54, 1.807) is 6.08 Å². The van der Waals surface area contributed by atoms with E-state index in [0.29, 0.717) is 17.9 Å². The van der Waals surface area contributed by atoms with E-state index in [9.17, 15) is 9.90 Å². The van der Waals surface area contributed by atoms with Gasteiger partial charge in [0.25, 0.3) is 0 Å². The number of likely N-dealkylation sites (N-methyl/N-ethyl adjacent to an activating group) is 1. The lowest BCUT2D eigenvalue weighted by molar-refractivity contribution is -0.140. The van der Waals surface area contributed by atoms with Gasteiger partial charge in [0.15, 0.2) is 0 Å². The lowest BCUT2D eigenvalue weighted by Crippen LogP contribution is -2.59. The fourth-order valence-corrected chi connectivity index (χ4v) is 6.71. The lowest BCUT2D eigenvalue weighted by Gasteiger charge is -2.60. The Morgan fingerprint density at radius 1 is 1.14 bits per heavy atom. The molecule has 4 rings (SSSR count). The van der Waals surface area contributed by atoms with Crippen LogP contribution in [0, 0.1) is 28.6 Å². The van der Waals surface area contributed by atoms with E-state index in [0.717, 1.165) is 25.2 Å². The second-order valence-corrected chi connectivity index (χ2v) is 8.76. The first-order chi connectivity index (χ1) is 10.4. The van der Waals surface area contributed by atoms with E-state index in [1.165, 1.54) is 19.3 Å². The maximum Gasteiger partial charge on any atom is 0.246 e. The van der Waals surface area contributed by atoms with Gasteiger partial charge < -0.3 is 10.0 Å². The molecule has 3 heteroatoms. The zero-order valence-electron chi connectivity index (χ0n) is 14.1. The number of aliphatic hydroxyl groups is 1. The summed E-state index contributed by atoms with van der Waals surface area (Å²) in [6.45, 7) is 4.70. The molecule has 122 valence electrons. The predicted molar refractivity (Wildman–Crippen MR) is 86.1 cm³/mol. The van der Waals surface area contributed by atoms with Crippen molar-refractivity contribution in [2.24, 2.45) is 28.6 Å². The molecular weight excluding hydrogens is 274 g/mol. The molecular formula is C19H29NO2. The van der Waals surface area contributed by atoms with Crippen LogP contribution in [0.25, 0.3) is 0 Å². The molecule has 0 aromatic rings. The van der Waals surface area contributed by atoms with E-state index in [-0.39, 0.29) is 22.8 Å². The molecule has 0 radical (unpaired) electrons. The fraction of sp³-hybridized carbons (Fsp3) is 0.842. The van der Waals surface area contributed by atoms with Gasteiger partial charge in [0.1, 0.15) is 0 Å². The molecule has 2 unspecified atom stereocenters. The van der Waals surface area contributed by atoms with Gasteiger partial charge in [-0.15, -0.1) is 0 Å². The quantitative estimate of drug-likeness (QED) is 0.747. The Kier molecular flexibility index (Phi) is 3.08. The highest BCUT2D eigenvalue weighted by molar-refractivity contribution is 5.89. The fourth-order valence-electron chi connectivity index (χ4n) is 6.71. The van der Waals surface area contributed by atoms with Crippen molar-refractivity contribution in [1.82, 2.24) is 4.90 Å². The maximum atomic E-state index is 12.0. The Bertz CT molecular complexity index is 530. The largest absolute Gasteiger partial charge is 0.393 e. The van der Waals surface area contributed by atoms with E-state index in [2.05, 4.69) is 19.9 Å². The number of hydrogen-bond donors (Lipinski definition) is 1. The van der Waals surface area contributed by atoms with Gasteiger partial charge in [-0.05, 0) is 67.8 Å². The third-order valence-electron chi connectivity index (χ3n) is 8.08. The van der Waals surface area contributed by atoms with Gasteiger partial charge in [0.05, 0.1) is 6.10 Å². The minimum atomic E-state index is -0.102. The molecule has 0 saturated heterocycles. The summed E-state index contributed by atoms with van der Waals surface area (Å²) in [5, 5.41) is 10.5. The Morgan fingerprint density at radius 3 is 2.68 bits per heavy atom. The van der Waals surface area contributed by atoms with Crippen LogP contribution in [-0.4, -0.2) is 35.1 Å². The summed E-state index contributed by atoms with van der Waals surface area (Å²) >= 11 is 0. The SMILES string of the molecule is CN1C(=O)C=C[C@@]2(C)C1CC[C@@H]1[C@H]2CC[C@]2(C)C(O)CC[C@@H]12. The van der Waals surface area contributed by atoms with Crippen molar-refractivity contribution in [3.8, 4) is 0 Å². The van der Waals surface area contributed by atoms with E-state index >= 15 is 0 Å². The number of hydrogen-bond acceptors (Lipinski definition) is 2. The molecule has 3 nitrogen and oxygen atoms in total. The first-order valence-corrected chi connectivity index (χ1v) is 9.02. The second kappa shape index (κ2) is 4.59. The number of rotatable bonds is 0. The van der Waals surface area contributed by atoms with Crippen LogP contribution in [0.3, 0.4) is 0 Å². The summed E-state index contributed by atoms with van der Waals surface area (Å²) in [6.07, 6.45) is 10.8. The summed E-state index contributed by atoms with van der Waals surface area (Å²) < 4.78 is 0. The number of fused-ring (bicyclic) bond motifs is 5. The molecule has 1 heterocycles. The van der Waals surface area contributed by atoms with Gasteiger partial charge in [-0.2, -0.15) is 0 Å². The van der Waals surface area contributed by atoms with Crippen molar-refractivity contribution in [3.63, 3.8) is 0 Å². The molecule has 0 spiro atoms. The van der Waals surface area contributed by atoms with Gasteiger partial charge in [-0.3, -0.25) is 4.79 Å². The number of carbonyl (C=O) groups is 1. The highest BCUT2D eigenvalue weighted by Crippen LogP contribution is 2.63. The molecule has 22 heavy (non-hydrogen) atoms. The normalized spacial score (nSPS) is 53.9. The first kappa shape index (κ1) is 14.7. The predicted octanol–water partition coefficient (Wildman–Crippen LogP) is 2.99. The van der Waals surface area contributed by atoms with Crippen LogP contribution in [0.5, 0.6) is 0 Å². The van der Waals surface area contributed by atoms with Crippen molar-refractivity contribution < 1.29 is 9.90 Å². The molecule has 1 aliphatic heterocycles. The first-order valence-electron chi connectivity index (χ1n) is 9.02. The average Bonchev–Trinajstić information content (AvgIpc) is 2.79. The molecule has 1 amide bonds. The van der Waals surface area contributed by atoms with E-state index in [4.69, 9.17) is 0 Å². The van der Waals surface area contributed by atoms with Crippen molar-refractivity contribution in [2.45, 2.75) is 64.5 Å². The second-order valence-electron chi connectivity index (χ2n) is 8.76. The minimum absolute atomic E-state index is 0.102. The highest BCUT2D eigenvalue weighted by atomic mass is 16.3. The van der Waals surface area contributed by atoms with Crippen LogP contribution in [0.1, 0.15) is 52.4 Å². The van der Waals surface area contributed by atoms with Gasteiger partial charge in [-0.25, -0.2) is 0 Å². The van der Waals surface area contributed by atoms with Gasteiger partial charge in [-0.1, -0.05) is 19.9 Å². The van der Waals surface area contributed by atoms with Gasteiger partial charge in [0, 0.05) is 18.5 Å². The van der Waals surface area contributed by atoms with Crippen molar-refractivity contribution in [1.29, 1.82) is 0 Å². The zero-order chi connectivity index (χ0) is 15.7. The Balaban J connectivity index is 1.70. The Hall–Kier alpha value is -0.830. The number of aliphatic hydroxyl groups excluding tert-OH is 1. The Labute approximate surface area is 133 Å². The van der Waals surface area contributed by atoms with Crippen LogP contribution >= 0.6 is 0 Å². The molecule has 3 aliphatic carbocycles. The van der Waals surface area contributed by atoms with Crippen LogP contribution in [-0.2, 0) is 4.79 Å². The summed E-state index contributed by atoms with van der Waals surface area (Å²) in [5.74, 6) is 2.23. The van der Waals surface area contributed by atoms with Gasteiger partial charge >= 0.3 is 0 Å². The molecule has 1 N–H and O–H groups in total. The van der Waals surface area contributed by atoms with Crippen molar-refractivity contribution in [2.75, 3.05) is 7.05 Å². The summed E-state index contributed by atoms with van der Waals surface area (Å²) in [7, 11) is 1.97. The summed E-state index contributed by atoms with van der Waals surface area (Å²) in [6, 6.07) is 0.363.